The number of carboxylic acid groups (broad SMARTS) is 1. The average Bonchev–Trinajstić information content (AvgIpc) is 3.06. The molecule has 30 heavy (non-hydrogen) atoms. The number of aromatic hydroxyl groups is 1. The normalized spacial score (nSPS) is 33.8. The molecule has 1 aromatic rings. The summed E-state index contributed by atoms with van der Waals surface area (Å²) in [6.45, 7) is 2.65. The number of carboxylic acids is 1. The third kappa shape index (κ3) is 2.72. The number of allylic oxidation sites excluding steroid dienone is 3. The van der Waals surface area contributed by atoms with Crippen molar-refractivity contribution in [2.45, 2.75) is 55.8 Å². The molecule has 2 aliphatic heterocycles. The first-order chi connectivity index (χ1) is 14.3. The second-order valence-corrected chi connectivity index (χ2v) is 8.48. The van der Waals surface area contributed by atoms with Gasteiger partial charge in [0.2, 0.25) is 0 Å². The van der Waals surface area contributed by atoms with Crippen molar-refractivity contribution >= 4 is 11.8 Å². The van der Waals surface area contributed by atoms with Crippen molar-refractivity contribution in [1.82, 2.24) is 4.90 Å². The van der Waals surface area contributed by atoms with Crippen LogP contribution in [0.2, 0.25) is 0 Å². The van der Waals surface area contributed by atoms with Crippen molar-refractivity contribution in [3.05, 3.63) is 47.6 Å². The Kier molecular flexibility index (Phi) is 4.98. The first-order valence-corrected chi connectivity index (χ1v) is 10.3. The second-order valence-electron chi connectivity index (χ2n) is 8.48. The molecule has 0 aromatic heterocycles. The Morgan fingerprint density at radius 2 is 2.07 bits per heavy atom. The molecule has 2 bridgehead atoms. The molecule has 1 spiro atoms. The lowest BCUT2D eigenvalue weighted by molar-refractivity contribution is -0.185. The van der Waals surface area contributed by atoms with E-state index < -0.39 is 23.1 Å². The van der Waals surface area contributed by atoms with Crippen LogP contribution < -0.4 is 4.74 Å². The molecule has 7 nitrogen and oxygen atoms in total. The first-order valence-electron chi connectivity index (χ1n) is 10.3. The van der Waals surface area contributed by atoms with E-state index in [1.54, 1.807) is 18.2 Å². The van der Waals surface area contributed by atoms with Gasteiger partial charge >= 0.3 is 5.97 Å². The van der Waals surface area contributed by atoms with Crippen molar-refractivity contribution in [3.8, 4) is 11.5 Å². The van der Waals surface area contributed by atoms with Gasteiger partial charge in [0, 0.05) is 24.1 Å². The van der Waals surface area contributed by atoms with E-state index in [4.69, 9.17) is 9.84 Å². The maximum atomic E-state index is 12.5. The molecule has 7 heteroatoms. The van der Waals surface area contributed by atoms with E-state index >= 15 is 0 Å². The smallest absolute Gasteiger partial charge is 0.328 e. The highest BCUT2D eigenvalue weighted by Gasteiger charge is 2.72. The largest absolute Gasteiger partial charge is 0.504 e. The molecule has 2 heterocycles. The van der Waals surface area contributed by atoms with Crippen molar-refractivity contribution in [1.29, 1.82) is 0 Å². The number of rotatable bonds is 2. The molecular formula is C23H27NO6. The molecule has 0 radical (unpaired) electrons. The van der Waals surface area contributed by atoms with E-state index in [1.807, 2.05) is 20.0 Å². The lowest BCUT2D eigenvalue weighted by atomic mass is 9.49. The molecule has 0 unspecified atom stereocenters. The molecule has 3 N–H and O–H groups in total. The van der Waals surface area contributed by atoms with Gasteiger partial charge in [0.25, 0.3) is 0 Å². The fourth-order valence-corrected chi connectivity index (χ4v) is 5.78. The Balaban J connectivity index is 0.000000235. The van der Waals surface area contributed by atoms with Crippen LogP contribution in [0, 0.1) is 0 Å². The standard InChI is InChI=1S/C17H19NO4.C6H8O2/c1-18-7-6-16-13-9-2-3-10(19)14(13)22-15(16)11(20)4-5-17(16,21)12(18)8-9;1-2-3-4-5-6(7)8/h2-3,12,15,19,21H,4-8H2,1H3;2-5H,1H3,(H,7,8)/t12-,15+,16+,17-;/m1./s1. The lowest BCUT2D eigenvalue weighted by Crippen LogP contribution is -2.76. The Labute approximate surface area is 175 Å². The number of hydrogen-bond acceptors (Lipinski definition) is 6. The predicted molar refractivity (Wildman–Crippen MR) is 110 cm³/mol. The number of aliphatic carboxylic acids is 1. The molecule has 0 amide bonds. The molecule has 4 aliphatic rings. The quantitative estimate of drug-likeness (QED) is 0.502. The van der Waals surface area contributed by atoms with Gasteiger partial charge in [-0.1, -0.05) is 24.3 Å². The molecule has 1 saturated heterocycles. The van der Waals surface area contributed by atoms with Crippen LogP contribution in [-0.2, 0) is 21.4 Å². The number of ketones is 1. The molecule has 2 aliphatic carbocycles. The zero-order valence-corrected chi connectivity index (χ0v) is 17.2. The molecule has 5 rings (SSSR count). The summed E-state index contributed by atoms with van der Waals surface area (Å²) < 4.78 is 5.94. The van der Waals surface area contributed by atoms with Crippen LogP contribution in [0.25, 0.3) is 0 Å². The van der Waals surface area contributed by atoms with E-state index in [0.717, 1.165) is 30.2 Å². The highest BCUT2D eigenvalue weighted by atomic mass is 16.5. The summed E-state index contributed by atoms with van der Waals surface area (Å²) in [5.74, 6) is -0.353. The number of carbonyl (C=O) groups is 2. The Morgan fingerprint density at radius 3 is 2.77 bits per heavy atom. The van der Waals surface area contributed by atoms with Gasteiger partial charge in [0.05, 0.1) is 11.0 Å². The SMILES string of the molecule is CC=CC=CC(=O)O.CN1CC[C@]23c4c5ccc(O)c4O[C@H]2C(=O)CC[C@@]3(O)[C@H]1C5. The van der Waals surface area contributed by atoms with Crippen molar-refractivity contribution < 1.29 is 29.6 Å². The Hall–Kier alpha value is -2.64. The minimum absolute atomic E-state index is 0.00319. The maximum absolute atomic E-state index is 12.5. The Bertz CT molecular complexity index is 953. The molecule has 1 saturated carbocycles. The van der Waals surface area contributed by atoms with Gasteiger partial charge < -0.3 is 25.0 Å². The minimum Gasteiger partial charge on any atom is -0.504 e. The summed E-state index contributed by atoms with van der Waals surface area (Å²) in [5.41, 5.74) is 0.370. The second kappa shape index (κ2) is 7.25. The number of likely N-dealkylation sites (tertiary alicyclic amines) is 1. The van der Waals surface area contributed by atoms with Crippen molar-refractivity contribution in [3.63, 3.8) is 0 Å². The fourth-order valence-electron chi connectivity index (χ4n) is 5.78. The van der Waals surface area contributed by atoms with Gasteiger partial charge in [-0.15, -0.1) is 0 Å². The number of benzene rings is 1. The number of ether oxygens (including phenoxy) is 1. The van der Waals surface area contributed by atoms with E-state index in [1.165, 1.54) is 6.08 Å². The van der Waals surface area contributed by atoms with E-state index in [0.29, 0.717) is 25.0 Å². The zero-order chi connectivity index (χ0) is 21.7. The molecular weight excluding hydrogens is 386 g/mol. The summed E-state index contributed by atoms with van der Waals surface area (Å²) in [5, 5.41) is 29.9. The van der Waals surface area contributed by atoms with Gasteiger partial charge in [-0.25, -0.2) is 4.79 Å². The van der Waals surface area contributed by atoms with Gasteiger partial charge in [-0.05, 0) is 51.4 Å². The highest BCUT2D eigenvalue weighted by Crippen LogP contribution is 2.64. The van der Waals surface area contributed by atoms with E-state index in [-0.39, 0.29) is 17.6 Å². The highest BCUT2D eigenvalue weighted by molar-refractivity contribution is 5.90. The van der Waals surface area contributed by atoms with E-state index in [2.05, 4.69) is 4.90 Å². The van der Waals surface area contributed by atoms with Crippen LogP contribution in [0.5, 0.6) is 11.5 Å². The van der Waals surface area contributed by atoms with E-state index in [9.17, 15) is 19.8 Å². The minimum atomic E-state index is -0.954. The van der Waals surface area contributed by atoms with Gasteiger partial charge in [-0.2, -0.15) is 0 Å². The van der Waals surface area contributed by atoms with Crippen LogP contribution in [0.4, 0.5) is 0 Å². The van der Waals surface area contributed by atoms with Crippen LogP contribution in [-0.4, -0.2) is 63.3 Å². The number of carbonyl (C=O) groups excluding carboxylic acids is 1. The number of nitrogens with zero attached hydrogens (tertiary/aromatic N) is 1. The number of piperidine rings is 1. The number of hydrogen-bond donors (Lipinski definition) is 3. The third-order valence-corrected chi connectivity index (χ3v) is 7.07. The predicted octanol–water partition coefficient (Wildman–Crippen LogP) is 1.95. The fraction of sp³-hybridized carbons (Fsp3) is 0.478. The summed E-state index contributed by atoms with van der Waals surface area (Å²) >= 11 is 0. The lowest BCUT2D eigenvalue weighted by Gasteiger charge is -2.61. The van der Waals surface area contributed by atoms with Gasteiger partial charge in [0.15, 0.2) is 23.4 Å². The number of phenolic OH excluding ortho intramolecular Hbond substituents is 1. The molecule has 2 fully saturated rings. The van der Waals surface area contributed by atoms with Crippen LogP contribution in [0.15, 0.2) is 36.4 Å². The molecule has 160 valence electrons. The number of aliphatic hydroxyl groups is 1. The maximum Gasteiger partial charge on any atom is 0.328 e. The average molecular weight is 413 g/mol. The van der Waals surface area contributed by atoms with Gasteiger partial charge in [0.1, 0.15) is 0 Å². The monoisotopic (exact) mass is 413 g/mol. The zero-order valence-electron chi connectivity index (χ0n) is 17.2. The third-order valence-electron chi connectivity index (χ3n) is 7.07. The molecule has 1 aromatic carbocycles. The van der Waals surface area contributed by atoms with Crippen molar-refractivity contribution in [2.24, 2.45) is 0 Å². The van der Waals surface area contributed by atoms with Crippen LogP contribution >= 0.6 is 0 Å². The Morgan fingerprint density at radius 1 is 1.30 bits per heavy atom. The van der Waals surface area contributed by atoms with Gasteiger partial charge in [-0.3, -0.25) is 4.79 Å². The van der Waals surface area contributed by atoms with Crippen molar-refractivity contribution in [2.75, 3.05) is 13.6 Å². The summed E-state index contributed by atoms with van der Waals surface area (Å²) in [4.78, 5) is 24.5. The summed E-state index contributed by atoms with van der Waals surface area (Å²) in [6, 6.07) is 3.57. The summed E-state index contributed by atoms with van der Waals surface area (Å²) in [6.07, 6.45) is 7.59. The number of likely N-dealkylation sites (N-methyl/N-ethyl adjacent to an activating group) is 1. The topological polar surface area (TPSA) is 107 Å². The number of phenols is 1. The van der Waals surface area contributed by atoms with Crippen LogP contribution in [0.3, 0.4) is 0 Å². The first kappa shape index (κ1) is 20.6. The number of Topliss-reactive ketones (excluding diaryl/α,β-unsaturated/α-hetero) is 1. The van der Waals surface area contributed by atoms with Crippen LogP contribution in [0.1, 0.15) is 37.3 Å². The summed E-state index contributed by atoms with van der Waals surface area (Å²) in [7, 11) is 2.04. The molecule has 4 atom stereocenters.